The Morgan fingerprint density at radius 2 is 1.96 bits per heavy atom. The molecule has 0 spiro atoms. The number of amides is 2. The van der Waals surface area contributed by atoms with Gasteiger partial charge in [-0.25, -0.2) is 4.79 Å². The first-order valence-corrected chi connectivity index (χ1v) is 7.96. The number of carbonyl (C=O) groups excluding carboxylic acids is 2. The molecule has 0 bridgehead atoms. The highest BCUT2D eigenvalue weighted by Crippen LogP contribution is 2.37. The van der Waals surface area contributed by atoms with Crippen LogP contribution >= 0.6 is 0 Å². The predicted octanol–water partition coefficient (Wildman–Crippen LogP) is 1.27. The van der Waals surface area contributed by atoms with Gasteiger partial charge in [-0.3, -0.25) is 4.79 Å². The van der Waals surface area contributed by atoms with Gasteiger partial charge in [0.2, 0.25) is 0 Å². The highest BCUT2D eigenvalue weighted by atomic mass is 16.6. The minimum atomic E-state index is -0.730. The predicted molar refractivity (Wildman–Crippen MR) is 93.0 cm³/mol. The second kappa shape index (κ2) is 7.18. The average molecular weight is 351 g/mol. The van der Waals surface area contributed by atoms with E-state index in [9.17, 15) is 9.59 Å². The van der Waals surface area contributed by atoms with Gasteiger partial charge in [0, 0.05) is 12.6 Å². The largest absolute Gasteiger partial charge is 0.497 e. The summed E-state index contributed by atoms with van der Waals surface area (Å²) >= 11 is 0. The lowest BCUT2D eigenvalue weighted by Gasteiger charge is -2.46. The Kier molecular flexibility index (Phi) is 5.42. The Balaban J connectivity index is 2.17. The van der Waals surface area contributed by atoms with Crippen LogP contribution in [0.25, 0.3) is 0 Å². The Morgan fingerprint density at radius 1 is 1.28 bits per heavy atom. The van der Waals surface area contributed by atoms with Crippen molar-refractivity contribution < 1.29 is 23.8 Å². The molecule has 8 nitrogen and oxygen atoms in total. The second-order valence-corrected chi connectivity index (χ2v) is 6.67. The molecule has 1 heterocycles. The van der Waals surface area contributed by atoms with Gasteiger partial charge in [-0.2, -0.15) is 0 Å². The van der Waals surface area contributed by atoms with Gasteiger partial charge in [0.25, 0.3) is 5.91 Å². The number of hydrogen-bond acceptors (Lipinski definition) is 6. The molecule has 1 aliphatic rings. The van der Waals surface area contributed by atoms with Gasteiger partial charge in [0.1, 0.15) is 23.1 Å². The van der Waals surface area contributed by atoms with Crippen LogP contribution in [0.15, 0.2) is 18.2 Å². The first-order valence-electron chi connectivity index (χ1n) is 7.96. The van der Waals surface area contributed by atoms with E-state index in [1.165, 1.54) is 12.0 Å². The summed E-state index contributed by atoms with van der Waals surface area (Å²) in [5.74, 6) is 0.827. The number of carbonyl (C=O) groups is 2. The van der Waals surface area contributed by atoms with Gasteiger partial charge in [-0.1, -0.05) is 0 Å². The van der Waals surface area contributed by atoms with Crippen molar-refractivity contribution in [2.24, 2.45) is 5.73 Å². The molecule has 1 aromatic carbocycles. The zero-order chi connectivity index (χ0) is 18.8. The van der Waals surface area contributed by atoms with Crippen molar-refractivity contribution in [3.05, 3.63) is 18.2 Å². The molecular weight excluding hydrogens is 326 g/mol. The molecule has 2 atom stereocenters. The van der Waals surface area contributed by atoms with Crippen LogP contribution < -0.4 is 25.4 Å². The topological polar surface area (TPSA) is 103 Å². The number of hydrogen-bond donors (Lipinski definition) is 2. The summed E-state index contributed by atoms with van der Waals surface area (Å²) in [7, 11) is 3.06. The van der Waals surface area contributed by atoms with E-state index in [0.29, 0.717) is 17.2 Å². The number of nitrogens with zero attached hydrogens (tertiary/aromatic N) is 1. The van der Waals surface area contributed by atoms with E-state index in [-0.39, 0.29) is 18.5 Å². The minimum Gasteiger partial charge on any atom is -0.497 e. The van der Waals surface area contributed by atoms with Crippen LogP contribution in [0.3, 0.4) is 0 Å². The minimum absolute atomic E-state index is 0.182. The summed E-state index contributed by atoms with van der Waals surface area (Å²) in [4.78, 5) is 26.0. The van der Waals surface area contributed by atoms with Crippen LogP contribution in [-0.4, -0.2) is 50.4 Å². The van der Waals surface area contributed by atoms with Crippen molar-refractivity contribution in [2.75, 3.05) is 25.7 Å². The van der Waals surface area contributed by atoms with Crippen LogP contribution in [0.4, 0.5) is 10.5 Å². The number of anilines is 1. The molecule has 2 unspecified atom stereocenters. The number of nitrogens with two attached hydrogens (primary N) is 1. The van der Waals surface area contributed by atoms with Crippen LogP contribution in [0.2, 0.25) is 0 Å². The lowest BCUT2D eigenvalue weighted by molar-refractivity contribution is -0.127. The number of benzene rings is 1. The van der Waals surface area contributed by atoms with E-state index in [1.807, 2.05) is 0 Å². The molecule has 1 fully saturated rings. The van der Waals surface area contributed by atoms with E-state index >= 15 is 0 Å². The molecule has 0 saturated carbocycles. The molecule has 25 heavy (non-hydrogen) atoms. The summed E-state index contributed by atoms with van der Waals surface area (Å²) in [6.45, 7) is 5.44. The van der Waals surface area contributed by atoms with Gasteiger partial charge in [0.15, 0.2) is 0 Å². The zero-order valence-corrected chi connectivity index (χ0v) is 15.2. The first-order chi connectivity index (χ1) is 11.7. The Morgan fingerprint density at radius 3 is 2.48 bits per heavy atom. The van der Waals surface area contributed by atoms with Gasteiger partial charge in [-0.15, -0.1) is 0 Å². The Labute approximate surface area is 147 Å². The fourth-order valence-corrected chi connectivity index (χ4v) is 2.66. The molecular formula is C17H25N3O5. The van der Waals surface area contributed by atoms with E-state index in [2.05, 4.69) is 5.32 Å². The van der Waals surface area contributed by atoms with E-state index in [1.54, 1.807) is 46.1 Å². The molecule has 2 rings (SSSR count). The Hall–Kier alpha value is -2.48. The molecule has 3 N–H and O–H groups in total. The van der Waals surface area contributed by atoms with Gasteiger partial charge in [-0.05, 0) is 32.9 Å². The van der Waals surface area contributed by atoms with Gasteiger partial charge in [0.05, 0.1) is 25.9 Å². The lowest BCUT2D eigenvalue weighted by Crippen LogP contribution is -2.73. The third-order valence-corrected chi connectivity index (χ3v) is 3.78. The van der Waals surface area contributed by atoms with Crippen LogP contribution in [0, 0.1) is 0 Å². The monoisotopic (exact) mass is 351 g/mol. The normalized spacial score (nSPS) is 19.9. The highest BCUT2D eigenvalue weighted by Gasteiger charge is 2.49. The molecule has 8 heteroatoms. The summed E-state index contributed by atoms with van der Waals surface area (Å²) in [5.41, 5.74) is 5.74. The molecule has 0 aromatic heterocycles. The van der Waals surface area contributed by atoms with Crippen molar-refractivity contribution in [1.29, 1.82) is 0 Å². The molecule has 138 valence electrons. The molecule has 1 aromatic rings. The maximum Gasteiger partial charge on any atom is 0.408 e. The fraction of sp³-hybridized carbons (Fsp3) is 0.529. The van der Waals surface area contributed by atoms with Crippen molar-refractivity contribution in [2.45, 2.75) is 38.5 Å². The average Bonchev–Trinajstić information content (AvgIpc) is 2.55. The van der Waals surface area contributed by atoms with Crippen molar-refractivity contribution in [1.82, 2.24) is 5.32 Å². The van der Waals surface area contributed by atoms with Crippen molar-refractivity contribution in [3.63, 3.8) is 0 Å². The first kappa shape index (κ1) is 18.9. The number of rotatable bonds is 5. The highest BCUT2D eigenvalue weighted by molar-refractivity contribution is 6.08. The summed E-state index contributed by atoms with van der Waals surface area (Å²) in [5, 5.41) is 2.59. The zero-order valence-electron chi connectivity index (χ0n) is 15.2. The van der Waals surface area contributed by atoms with E-state index in [0.717, 1.165) is 0 Å². The number of β-lactam (4-membered cyclic amide) rings is 1. The molecule has 1 aliphatic heterocycles. The molecule has 2 amide bonds. The summed E-state index contributed by atoms with van der Waals surface area (Å²) < 4.78 is 15.7. The Bertz CT molecular complexity index is 656. The van der Waals surface area contributed by atoms with E-state index in [4.69, 9.17) is 19.9 Å². The van der Waals surface area contributed by atoms with Crippen LogP contribution in [-0.2, 0) is 9.53 Å². The maximum absolute atomic E-state index is 12.6. The third-order valence-electron chi connectivity index (χ3n) is 3.78. The molecule has 0 aliphatic carbocycles. The van der Waals surface area contributed by atoms with E-state index < -0.39 is 17.7 Å². The molecule has 1 saturated heterocycles. The quantitative estimate of drug-likeness (QED) is 0.775. The van der Waals surface area contributed by atoms with Gasteiger partial charge < -0.3 is 30.2 Å². The maximum atomic E-state index is 12.6. The van der Waals surface area contributed by atoms with Crippen LogP contribution in [0.5, 0.6) is 11.5 Å². The number of ether oxygens (including phenoxy) is 3. The SMILES string of the molecule is COc1ccc(N2C(=O)C(NC(=O)OC(C)(C)C)C2CN)c(OC)c1. The lowest BCUT2D eigenvalue weighted by atomic mass is 9.93. The number of alkyl carbamates (subject to hydrolysis) is 1. The van der Waals surface area contributed by atoms with Crippen molar-refractivity contribution >= 4 is 17.7 Å². The fourth-order valence-electron chi connectivity index (χ4n) is 2.66. The summed E-state index contributed by atoms with van der Waals surface area (Å²) in [6.07, 6.45) is -0.648. The second-order valence-electron chi connectivity index (χ2n) is 6.67. The molecule has 0 radical (unpaired) electrons. The smallest absolute Gasteiger partial charge is 0.408 e. The number of methoxy groups -OCH3 is 2. The standard InChI is InChI=1S/C17H25N3O5/c1-17(2,3)25-16(22)19-14-12(9-18)20(15(14)21)11-7-6-10(23-4)8-13(11)24-5/h6-8,12,14H,9,18H2,1-5H3,(H,19,22). The van der Waals surface area contributed by atoms with Gasteiger partial charge >= 0.3 is 6.09 Å². The third kappa shape index (κ3) is 3.96. The number of nitrogens with one attached hydrogen (secondary N) is 1. The summed E-state index contributed by atoms with van der Waals surface area (Å²) in [6, 6.07) is 4.02. The van der Waals surface area contributed by atoms with Crippen LogP contribution in [0.1, 0.15) is 20.8 Å². The van der Waals surface area contributed by atoms with Crippen molar-refractivity contribution in [3.8, 4) is 11.5 Å².